The summed E-state index contributed by atoms with van der Waals surface area (Å²) in [6.07, 6.45) is 0. The highest BCUT2D eigenvalue weighted by molar-refractivity contribution is 6.31. The Bertz CT molecular complexity index is 853. The minimum Gasteiger partial charge on any atom is -0.462 e. The standard InChI is InChI=1S/C18H17ClN2O5/c1-3-26-18(23)13-8-9-16(17(10-13)21(24)25)20(12(2)22)11-14-6-4-5-7-15(14)19/h4-10H,3,11H2,1-2H3. The second kappa shape index (κ2) is 8.44. The largest absolute Gasteiger partial charge is 0.462 e. The number of esters is 1. The molecule has 0 aliphatic rings. The average molecular weight is 377 g/mol. The van der Waals surface area contributed by atoms with E-state index in [-0.39, 0.29) is 30.1 Å². The van der Waals surface area contributed by atoms with Crippen LogP contribution in [0.15, 0.2) is 42.5 Å². The minimum atomic E-state index is -0.664. The summed E-state index contributed by atoms with van der Waals surface area (Å²) in [5.41, 5.74) is 0.407. The van der Waals surface area contributed by atoms with Crippen LogP contribution < -0.4 is 4.90 Å². The van der Waals surface area contributed by atoms with Gasteiger partial charge in [0.25, 0.3) is 5.69 Å². The van der Waals surface area contributed by atoms with Gasteiger partial charge in [0.15, 0.2) is 0 Å². The van der Waals surface area contributed by atoms with Crippen LogP contribution in [0.2, 0.25) is 5.02 Å². The summed E-state index contributed by atoms with van der Waals surface area (Å²) in [7, 11) is 0. The Morgan fingerprint density at radius 3 is 2.50 bits per heavy atom. The number of halogens is 1. The van der Waals surface area contributed by atoms with Crippen molar-refractivity contribution in [2.45, 2.75) is 20.4 Å². The number of benzene rings is 2. The normalized spacial score (nSPS) is 10.3. The van der Waals surface area contributed by atoms with E-state index in [1.807, 2.05) is 0 Å². The maximum atomic E-state index is 12.1. The number of nitro groups is 1. The van der Waals surface area contributed by atoms with Crippen molar-refractivity contribution in [2.75, 3.05) is 11.5 Å². The molecule has 2 aromatic carbocycles. The van der Waals surface area contributed by atoms with Crippen LogP contribution in [0.1, 0.15) is 29.8 Å². The summed E-state index contributed by atoms with van der Waals surface area (Å²) in [6.45, 7) is 3.16. The van der Waals surface area contributed by atoms with Crippen LogP contribution in [0, 0.1) is 10.1 Å². The van der Waals surface area contributed by atoms with Gasteiger partial charge in [0.05, 0.1) is 23.6 Å². The number of nitrogens with zero attached hydrogens (tertiary/aromatic N) is 2. The zero-order valence-electron chi connectivity index (χ0n) is 14.3. The molecule has 1 amide bonds. The van der Waals surface area contributed by atoms with Crippen LogP contribution in [0.5, 0.6) is 0 Å². The number of anilines is 1. The summed E-state index contributed by atoms with van der Waals surface area (Å²) in [5.74, 6) is -1.06. The van der Waals surface area contributed by atoms with Crippen molar-refractivity contribution in [2.24, 2.45) is 0 Å². The van der Waals surface area contributed by atoms with Gasteiger partial charge in [-0.15, -0.1) is 0 Å². The summed E-state index contributed by atoms with van der Waals surface area (Å²) in [6, 6.07) is 10.8. The molecule has 0 unspecified atom stereocenters. The number of hydrogen-bond acceptors (Lipinski definition) is 5. The summed E-state index contributed by atoms with van der Waals surface area (Å²) in [5, 5.41) is 11.9. The molecule has 136 valence electrons. The Labute approximate surface area is 155 Å². The molecule has 8 heteroatoms. The first-order chi connectivity index (χ1) is 12.3. The highest BCUT2D eigenvalue weighted by Gasteiger charge is 2.25. The molecule has 0 bridgehead atoms. The molecule has 0 aliphatic carbocycles. The summed E-state index contributed by atoms with van der Waals surface area (Å²) in [4.78, 5) is 36.0. The van der Waals surface area contributed by atoms with Gasteiger partial charge in [-0.1, -0.05) is 29.8 Å². The molecule has 0 aliphatic heterocycles. The fourth-order valence-corrected chi connectivity index (χ4v) is 2.60. The molecule has 0 fully saturated rings. The fraction of sp³-hybridized carbons (Fsp3) is 0.222. The van der Waals surface area contributed by atoms with E-state index in [0.29, 0.717) is 10.6 Å². The van der Waals surface area contributed by atoms with E-state index in [9.17, 15) is 19.7 Å². The number of amides is 1. The van der Waals surface area contributed by atoms with Crippen LogP contribution in [0.25, 0.3) is 0 Å². The van der Waals surface area contributed by atoms with E-state index >= 15 is 0 Å². The number of hydrogen-bond donors (Lipinski definition) is 0. The maximum Gasteiger partial charge on any atom is 0.338 e. The van der Waals surface area contributed by atoms with Crippen LogP contribution in [-0.4, -0.2) is 23.4 Å². The van der Waals surface area contributed by atoms with Crippen LogP contribution in [-0.2, 0) is 16.1 Å². The lowest BCUT2D eigenvalue weighted by Gasteiger charge is -2.22. The lowest BCUT2D eigenvalue weighted by atomic mass is 10.1. The highest BCUT2D eigenvalue weighted by atomic mass is 35.5. The van der Waals surface area contributed by atoms with Crippen molar-refractivity contribution in [1.82, 2.24) is 0 Å². The fourth-order valence-electron chi connectivity index (χ4n) is 2.40. The van der Waals surface area contributed by atoms with E-state index in [1.165, 1.54) is 24.0 Å². The number of carbonyl (C=O) groups is 2. The molecule has 2 rings (SSSR count). The molecular formula is C18H17ClN2O5. The number of carbonyl (C=O) groups excluding carboxylic acids is 2. The van der Waals surface area contributed by atoms with E-state index in [0.717, 1.165) is 6.07 Å². The van der Waals surface area contributed by atoms with Gasteiger partial charge in [0, 0.05) is 18.0 Å². The highest BCUT2D eigenvalue weighted by Crippen LogP contribution is 2.32. The van der Waals surface area contributed by atoms with Gasteiger partial charge < -0.3 is 9.64 Å². The van der Waals surface area contributed by atoms with Gasteiger partial charge in [-0.3, -0.25) is 14.9 Å². The molecule has 26 heavy (non-hydrogen) atoms. The first kappa shape index (κ1) is 19.4. The third-order valence-electron chi connectivity index (χ3n) is 3.64. The second-order valence-electron chi connectivity index (χ2n) is 5.38. The molecule has 0 heterocycles. The minimum absolute atomic E-state index is 0.0449. The smallest absolute Gasteiger partial charge is 0.338 e. The molecular weight excluding hydrogens is 360 g/mol. The lowest BCUT2D eigenvalue weighted by molar-refractivity contribution is -0.384. The zero-order valence-corrected chi connectivity index (χ0v) is 15.0. The monoisotopic (exact) mass is 376 g/mol. The third-order valence-corrected chi connectivity index (χ3v) is 4.01. The molecule has 0 N–H and O–H groups in total. The quantitative estimate of drug-likeness (QED) is 0.432. The summed E-state index contributed by atoms with van der Waals surface area (Å²) < 4.78 is 4.86. The SMILES string of the molecule is CCOC(=O)c1ccc(N(Cc2ccccc2Cl)C(C)=O)c([N+](=O)[O-])c1. The van der Waals surface area contributed by atoms with Crippen molar-refractivity contribution in [3.8, 4) is 0 Å². The summed E-state index contributed by atoms with van der Waals surface area (Å²) >= 11 is 6.13. The molecule has 0 radical (unpaired) electrons. The van der Waals surface area contributed by atoms with Crippen LogP contribution in [0.4, 0.5) is 11.4 Å². The van der Waals surface area contributed by atoms with Crippen LogP contribution >= 0.6 is 11.6 Å². The van der Waals surface area contributed by atoms with Gasteiger partial charge in [-0.25, -0.2) is 4.79 Å². The molecule has 0 saturated heterocycles. The first-order valence-electron chi connectivity index (χ1n) is 7.82. The predicted molar refractivity (Wildman–Crippen MR) is 97.4 cm³/mol. The van der Waals surface area contributed by atoms with Crippen molar-refractivity contribution >= 4 is 34.9 Å². The first-order valence-corrected chi connectivity index (χ1v) is 8.20. The van der Waals surface area contributed by atoms with E-state index in [2.05, 4.69) is 0 Å². The number of nitro benzene ring substituents is 1. The Balaban J connectivity index is 2.48. The lowest BCUT2D eigenvalue weighted by Crippen LogP contribution is -2.28. The van der Waals surface area contributed by atoms with Crippen molar-refractivity contribution in [3.05, 3.63) is 68.7 Å². The molecule has 0 atom stereocenters. The van der Waals surface area contributed by atoms with E-state index in [4.69, 9.17) is 16.3 Å². The predicted octanol–water partition coefficient (Wildman–Crippen LogP) is 3.98. The zero-order chi connectivity index (χ0) is 19.3. The van der Waals surface area contributed by atoms with Crippen molar-refractivity contribution in [3.63, 3.8) is 0 Å². The Morgan fingerprint density at radius 1 is 1.23 bits per heavy atom. The van der Waals surface area contributed by atoms with Gasteiger partial charge in [-0.2, -0.15) is 0 Å². The van der Waals surface area contributed by atoms with Crippen LogP contribution in [0.3, 0.4) is 0 Å². The van der Waals surface area contributed by atoms with Gasteiger partial charge in [-0.05, 0) is 30.7 Å². The van der Waals surface area contributed by atoms with Gasteiger partial charge in [0.1, 0.15) is 5.69 Å². The van der Waals surface area contributed by atoms with E-state index < -0.39 is 16.8 Å². The third kappa shape index (κ3) is 4.37. The topological polar surface area (TPSA) is 89.8 Å². The Hall–Kier alpha value is -2.93. The Kier molecular flexibility index (Phi) is 6.30. The van der Waals surface area contributed by atoms with Crippen molar-refractivity contribution < 1.29 is 19.2 Å². The molecule has 0 spiro atoms. The molecule has 7 nitrogen and oxygen atoms in total. The second-order valence-corrected chi connectivity index (χ2v) is 5.78. The maximum absolute atomic E-state index is 12.1. The molecule has 0 saturated carbocycles. The van der Waals surface area contributed by atoms with E-state index in [1.54, 1.807) is 31.2 Å². The number of rotatable bonds is 6. The molecule has 0 aromatic heterocycles. The molecule has 2 aromatic rings. The van der Waals surface area contributed by atoms with Crippen molar-refractivity contribution in [1.29, 1.82) is 0 Å². The Morgan fingerprint density at radius 2 is 1.92 bits per heavy atom. The average Bonchev–Trinajstić information content (AvgIpc) is 2.60. The van der Waals surface area contributed by atoms with Gasteiger partial charge >= 0.3 is 5.97 Å². The number of ether oxygens (including phenoxy) is 1. The van der Waals surface area contributed by atoms with Gasteiger partial charge in [0.2, 0.25) is 5.91 Å².